The summed E-state index contributed by atoms with van der Waals surface area (Å²) < 4.78 is 11.3. The van der Waals surface area contributed by atoms with E-state index >= 15 is 0 Å². The molecule has 10 nitrogen and oxygen atoms in total. The number of nitro groups is 2. The normalized spacial score (nSPS) is 14.8. The Labute approximate surface area is 252 Å². The molecule has 2 heterocycles. The van der Waals surface area contributed by atoms with E-state index in [1.807, 2.05) is 52.0 Å². The van der Waals surface area contributed by atoms with Crippen molar-refractivity contribution in [3.05, 3.63) is 149 Å². The number of ether oxygens (including phenoxy) is 2. The first kappa shape index (κ1) is 29.6. The molecule has 0 radical (unpaired) electrons. The van der Waals surface area contributed by atoms with Crippen LogP contribution in [0.4, 0.5) is 11.4 Å². The van der Waals surface area contributed by atoms with E-state index in [2.05, 4.69) is 0 Å². The zero-order chi connectivity index (χ0) is 31.7. The molecule has 4 aromatic rings. The van der Waals surface area contributed by atoms with E-state index in [0.29, 0.717) is 33.8 Å². The van der Waals surface area contributed by atoms with Gasteiger partial charge in [0, 0.05) is 24.3 Å². The molecule has 2 aliphatic rings. The highest BCUT2D eigenvalue weighted by Gasteiger charge is 2.30. The molecular weight excluding hydrogens is 564 g/mol. The van der Waals surface area contributed by atoms with Crippen molar-refractivity contribution < 1.29 is 28.9 Å². The van der Waals surface area contributed by atoms with Gasteiger partial charge in [0.25, 0.3) is 11.4 Å². The molecule has 0 aliphatic carbocycles. The van der Waals surface area contributed by atoms with Crippen LogP contribution in [-0.4, -0.2) is 21.4 Å². The molecule has 0 amide bonds. The van der Waals surface area contributed by atoms with Gasteiger partial charge >= 0.3 is 0 Å². The number of nitrogens with zero attached hydrogens (tertiary/aromatic N) is 2. The Balaban J connectivity index is 0.000000175. The number of nitro benzene ring substituents is 2. The number of rotatable bonds is 4. The van der Waals surface area contributed by atoms with E-state index in [0.717, 1.165) is 22.3 Å². The second-order valence-corrected chi connectivity index (χ2v) is 10.5. The lowest BCUT2D eigenvalue weighted by Gasteiger charge is -2.01. The minimum absolute atomic E-state index is 0.00979. The van der Waals surface area contributed by atoms with Crippen LogP contribution in [0.5, 0.6) is 11.5 Å². The number of non-ortho nitro benzene ring substituents is 2. The average Bonchev–Trinajstić information content (AvgIpc) is 3.44. The maximum atomic E-state index is 12.4. The Kier molecular flexibility index (Phi) is 7.91. The summed E-state index contributed by atoms with van der Waals surface area (Å²) in [5, 5.41) is 21.3. The van der Waals surface area contributed by atoms with Crippen molar-refractivity contribution in [3.8, 4) is 11.5 Å². The number of hydrogen-bond donors (Lipinski definition) is 0. The van der Waals surface area contributed by atoms with Crippen LogP contribution < -0.4 is 9.47 Å². The number of Topliss-reactive ketones (excluding diaryl/α,β-unsaturated/α-hetero) is 2. The highest BCUT2D eigenvalue weighted by molar-refractivity contribution is 6.16. The predicted octanol–water partition coefficient (Wildman–Crippen LogP) is 7.66. The number of fused-ring (bicyclic) bond motifs is 2. The first-order valence-electron chi connectivity index (χ1n) is 13.5. The molecule has 0 aromatic heterocycles. The van der Waals surface area contributed by atoms with Gasteiger partial charge in [-0.15, -0.1) is 0 Å². The first-order chi connectivity index (χ1) is 20.9. The zero-order valence-corrected chi connectivity index (χ0v) is 24.2. The molecule has 0 bridgehead atoms. The highest BCUT2D eigenvalue weighted by atomic mass is 16.6. The molecule has 0 spiro atoms. The van der Waals surface area contributed by atoms with Gasteiger partial charge in [-0.05, 0) is 110 Å². The minimum atomic E-state index is -0.462. The van der Waals surface area contributed by atoms with E-state index in [4.69, 9.17) is 9.47 Å². The quantitative estimate of drug-likeness (QED) is 0.134. The average molecular weight is 591 g/mol. The fourth-order valence-corrected chi connectivity index (χ4v) is 5.05. The third-order valence-corrected chi connectivity index (χ3v) is 7.03. The van der Waals surface area contributed by atoms with Gasteiger partial charge in [0.05, 0.1) is 21.0 Å². The summed E-state index contributed by atoms with van der Waals surface area (Å²) >= 11 is 0. The Morgan fingerprint density at radius 3 is 1.23 bits per heavy atom. The van der Waals surface area contributed by atoms with Crippen LogP contribution in [0.25, 0.3) is 12.2 Å². The lowest BCUT2D eigenvalue weighted by molar-refractivity contribution is -0.385. The maximum absolute atomic E-state index is 12.4. The van der Waals surface area contributed by atoms with Gasteiger partial charge < -0.3 is 9.47 Å². The lowest BCUT2D eigenvalue weighted by atomic mass is 10.0. The second kappa shape index (κ2) is 11.8. The molecule has 220 valence electrons. The van der Waals surface area contributed by atoms with Gasteiger partial charge in [0.15, 0.2) is 11.5 Å². The number of hydrogen-bond acceptors (Lipinski definition) is 8. The molecule has 2 aliphatic heterocycles. The Morgan fingerprint density at radius 1 is 0.568 bits per heavy atom. The van der Waals surface area contributed by atoms with Crippen molar-refractivity contribution in [2.24, 2.45) is 0 Å². The molecule has 44 heavy (non-hydrogen) atoms. The van der Waals surface area contributed by atoms with Crippen molar-refractivity contribution in [2.75, 3.05) is 0 Å². The highest BCUT2D eigenvalue weighted by Crippen LogP contribution is 2.36. The summed E-state index contributed by atoms with van der Waals surface area (Å²) in [4.78, 5) is 45.2. The lowest BCUT2D eigenvalue weighted by Crippen LogP contribution is -1.99. The SMILES string of the molecule is Cc1cc(C)c2c(c1)O/C(=C\c1ccc([N+](=O)[O-])cc1)C2=O.Cc1cc(C)c2c(c1)O/C(=C\c1ccc([N+](=O)[O-])cc1)C2=O. The Morgan fingerprint density at radius 2 is 0.909 bits per heavy atom. The van der Waals surface area contributed by atoms with E-state index in [-0.39, 0.29) is 34.5 Å². The van der Waals surface area contributed by atoms with Crippen LogP contribution >= 0.6 is 0 Å². The van der Waals surface area contributed by atoms with Gasteiger partial charge in [-0.2, -0.15) is 0 Å². The molecule has 0 saturated heterocycles. The van der Waals surface area contributed by atoms with E-state index in [9.17, 15) is 29.8 Å². The van der Waals surface area contributed by atoms with Gasteiger partial charge in [-0.3, -0.25) is 29.8 Å². The molecule has 0 N–H and O–H groups in total. The summed E-state index contributed by atoms with van der Waals surface area (Å²) in [5.41, 5.74) is 6.36. The summed E-state index contributed by atoms with van der Waals surface area (Å²) in [6, 6.07) is 19.5. The maximum Gasteiger partial charge on any atom is 0.269 e. The molecule has 10 heteroatoms. The predicted molar refractivity (Wildman–Crippen MR) is 164 cm³/mol. The molecule has 0 fully saturated rings. The standard InChI is InChI=1S/2C17H13NO4/c2*1-10-7-11(2)16-14(8-10)22-15(17(16)19)9-12-3-5-13(6-4-12)18(20)21/h2*3-9H,1-2H3/b2*15-9-. The smallest absolute Gasteiger partial charge is 0.269 e. The van der Waals surface area contributed by atoms with Crippen LogP contribution in [0.2, 0.25) is 0 Å². The monoisotopic (exact) mass is 590 g/mol. The molecular formula is C34H26N2O8. The zero-order valence-electron chi connectivity index (χ0n) is 24.2. The molecule has 6 rings (SSSR count). The van der Waals surface area contributed by atoms with Crippen molar-refractivity contribution in [1.82, 2.24) is 0 Å². The molecule has 0 saturated carbocycles. The van der Waals surface area contributed by atoms with Crippen LogP contribution in [0.1, 0.15) is 54.1 Å². The number of aryl methyl sites for hydroxylation is 4. The Bertz CT molecular complexity index is 1780. The minimum Gasteiger partial charge on any atom is -0.452 e. The Hall–Kier alpha value is -5.90. The van der Waals surface area contributed by atoms with Crippen LogP contribution in [0.3, 0.4) is 0 Å². The fourth-order valence-electron chi connectivity index (χ4n) is 5.05. The third-order valence-electron chi connectivity index (χ3n) is 7.03. The first-order valence-corrected chi connectivity index (χ1v) is 13.5. The third kappa shape index (κ3) is 6.00. The van der Waals surface area contributed by atoms with Crippen LogP contribution in [0.15, 0.2) is 84.3 Å². The van der Waals surface area contributed by atoms with Crippen LogP contribution in [0, 0.1) is 47.9 Å². The number of benzene rings is 4. The fraction of sp³-hybridized carbons (Fsp3) is 0.118. The molecule has 0 unspecified atom stereocenters. The van der Waals surface area contributed by atoms with Crippen molar-refractivity contribution in [1.29, 1.82) is 0 Å². The summed E-state index contributed by atoms with van der Waals surface area (Å²) in [7, 11) is 0. The van der Waals surface area contributed by atoms with E-state index < -0.39 is 9.85 Å². The van der Waals surface area contributed by atoms with Gasteiger partial charge in [-0.25, -0.2) is 0 Å². The van der Waals surface area contributed by atoms with E-state index in [1.54, 1.807) is 36.4 Å². The topological polar surface area (TPSA) is 139 Å². The summed E-state index contributed by atoms with van der Waals surface area (Å²) in [5.74, 6) is 1.28. The van der Waals surface area contributed by atoms with Gasteiger partial charge in [0.1, 0.15) is 11.5 Å². The molecule has 4 aromatic carbocycles. The van der Waals surface area contributed by atoms with E-state index in [1.165, 1.54) is 24.3 Å². The number of carbonyl (C=O) groups is 2. The molecule has 0 atom stereocenters. The largest absolute Gasteiger partial charge is 0.452 e. The van der Waals surface area contributed by atoms with Crippen molar-refractivity contribution in [3.63, 3.8) is 0 Å². The summed E-state index contributed by atoms with van der Waals surface area (Å²) in [6.07, 6.45) is 3.20. The van der Waals surface area contributed by atoms with Crippen LogP contribution in [-0.2, 0) is 0 Å². The van der Waals surface area contributed by atoms with Gasteiger partial charge in [-0.1, -0.05) is 12.1 Å². The number of allylic oxidation sites excluding steroid dienone is 2. The second-order valence-electron chi connectivity index (χ2n) is 10.5. The number of ketones is 2. The summed E-state index contributed by atoms with van der Waals surface area (Å²) in [6.45, 7) is 7.64. The van der Waals surface area contributed by atoms with Gasteiger partial charge in [0.2, 0.25) is 11.6 Å². The van der Waals surface area contributed by atoms with Crippen molar-refractivity contribution >= 4 is 35.1 Å². The van der Waals surface area contributed by atoms with Crippen molar-refractivity contribution in [2.45, 2.75) is 27.7 Å². The number of carbonyl (C=O) groups excluding carboxylic acids is 2.